The second kappa shape index (κ2) is 7.40. The maximum atomic E-state index is 12.2. The van der Waals surface area contributed by atoms with Gasteiger partial charge >= 0.3 is 0 Å². The van der Waals surface area contributed by atoms with Gasteiger partial charge in [-0.2, -0.15) is 5.26 Å². The summed E-state index contributed by atoms with van der Waals surface area (Å²) in [4.78, 5) is 22.4. The van der Waals surface area contributed by atoms with Gasteiger partial charge in [0.05, 0.1) is 4.92 Å². The average molecular weight is 342 g/mol. The number of nitriles is 1. The third kappa shape index (κ3) is 4.18. The monoisotopic (exact) mass is 341 g/mol. The van der Waals surface area contributed by atoms with Crippen LogP contribution < -0.4 is 5.32 Å². The van der Waals surface area contributed by atoms with Crippen LogP contribution in [0.15, 0.2) is 48.0 Å². The van der Waals surface area contributed by atoms with Gasteiger partial charge in [0.25, 0.3) is 11.6 Å². The largest absolute Gasteiger partial charge is 0.321 e. The molecule has 1 amide bonds. The Morgan fingerprint density at radius 2 is 2.08 bits per heavy atom. The fourth-order valence-electron chi connectivity index (χ4n) is 1.91. The van der Waals surface area contributed by atoms with Gasteiger partial charge in [-0.3, -0.25) is 14.9 Å². The minimum absolute atomic E-state index is 0.119. The molecule has 2 aromatic rings. The molecule has 0 aliphatic carbocycles. The maximum Gasteiger partial charge on any atom is 0.270 e. The standard InChI is InChI=1S/C17H12ClN3O3/c1-11-5-6-14(9-16(11)18)20-17(22)13(10-19)7-12-3-2-4-15(8-12)21(23)24/h2-9H,1H3,(H,20,22)/b13-7+. The topological polar surface area (TPSA) is 96.0 Å². The number of hydrogen-bond acceptors (Lipinski definition) is 4. The molecule has 0 bridgehead atoms. The van der Waals surface area contributed by atoms with Crippen LogP contribution in [0.4, 0.5) is 11.4 Å². The summed E-state index contributed by atoms with van der Waals surface area (Å²) in [5.41, 5.74) is 1.41. The van der Waals surface area contributed by atoms with E-state index in [4.69, 9.17) is 11.6 Å². The number of hydrogen-bond donors (Lipinski definition) is 1. The molecule has 0 saturated heterocycles. The molecule has 0 heterocycles. The molecule has 0 unspecified atom stereocenters. The number of nitro benzene ring substituents is 1. The molecule has 6 nitrogen and oxygen atoms in total. The number of nitrogens with one attached hydrogen (secondary N) is 1. The number of nitro groups is 1. The molecule has 0 aliphatic heterocycles. The number of aryl methyl sites for hydroxylation is 1. The Labute approximate surface area is 143 Å². The zero-order valence-corrected chi connectivity index (χ0v) is 13.4. The van der Waals surface area contributed by atoms with Crippen LogP contribution in [0.5, 0.6) is 0 Å². The van der Waals surface area contributed by atoms with E-state index in [9.17, 15) is 20.2 Å². The SMILES string of the molecule is Cc1ccc(NC(=O)/C(C#N)=C/c2cccc([N+](=O)[O-])c2)cc1Cl. The minimum Gasteiger partial charge on any atom is -0.321 e. The van der Waals surface area contributed by atoms with Gasteiger partial charge in [-0.25, -0.2) is 0 Å². The Balaban J connectivity index is 2.25. The summed E-state index contributed by atoms with van der Waals surface area (Å²) in [7, 11) is 0. The summed E-state index contributed by atoms with van der Waals surface area (Å²) in [5, 5.41) is 23.0. The normalized spacial score (nSPS) is 10.8. The number of carbonyl (C=O) groups is 1. The first-order chi connectivity index (χ1) is 11.4. The minimum atomic E-state index is -0.621. The highest BCUT2D eigenvalue weighted by Gasteiger charge is 2.11. The lowest BCUT2D eigenvalue weighted by Crippen LogP contribution is -2.13. The van der Waals surface area contributed by atoms with E-state index in [1.165, 1.54) is 24.3 Å². The number of benzene rings is 2. The molecule has 0 radical (unpaired) electrons. The van der Waals surface area contributed by atoms with Crippen LogP contribution in [-0.2, 0) is 4.79 Å². The summed E-state index contributed by atoms with van der Waals surface area (Å²) < 4.78 is 0. The molecule has 0 aromatic heterocycles. The number of non-ortho nitro benzene ring substituents is 1. The van der Waals surface area contributed by atoms with Crippen LogP contribution in [0.25, 0.3) is 6.08 Å². The molecule has 0 aliphatic rings. The summed E-state index contributed by atoms with van der Waals surface area (Å²) in [6.07, 6.45) is 1.29. The Morgan fingerprint density at radius 3 is 2.71 bits per heavy atom. The molecule has 2 rings (SSSR count). The fraction of sp³-hybridized carbons (Fsp3) is 0.0588. The molecule has 0 atom stereocenters. The van der Waals surface area contributed by atoms with E-state index in [1.54, 1.807) is 30.3 Å². The third-order valence-electron chi connectivity index (χ3n) is 3.19. The van der Waals surface area contributed by atoms with Crippen LogP contribution in [0.2, 0.25) is 5.02 Å². The number of anilines is 1. The average Bonchev–Trinajstić information content (AvgIpc) is 2.56. The Hall–Kier alpha value is -3.17. The van der Waals surface area contributed by atoms with Crippen molar-refractivity contribution in [1.29, 1.82) is 5.26 Å². The zero-order valence-electron chi connectivity index (χ0n) is 12.6. The van der Waals surface area contributed by atoms with Crippen molar-refractivity contribution in [3.8, 4) is 6.07 Å². The number of halogens is 1. The maximum absolute atomic E-state index is 12.2. The molecule has 7 heteroatoms. The molecule has 2 aromatic carbocycles. The van der Waals surface area contributed by atoms with Crippen molar-refractivity contribution < 1.29 is 9.72 Å². The molecule has 1 N–H and O–H groups in total. The predicted octanol–water partition coefficient (Wildman–Crippen LogP) is 4.10. The molecular formula is C17H12ClN3O3. The molecular weight excluding hydrogens is 330 g/mol. The van der Waals surface area contributed by atoms with E-state index in [0.717, 1.165) is 5.56 Å². The first-order valence-electron chi connectivity index (χ1n) is 6.84. The van der Waals surface area contributed by atoms with Crippen LogP contribution >= 0.6 is 11.6 Å². The molecule has 0 spiro atoms. The Morgan fingerprint density at radius 1 is 1.33 bits per heavy atom. The first-order valence-corrected chi connectivity index (χ1v) is 7.22. The lowest BCUT2D eigenvalue weighted by molar-refractivity contribution is -0.384. The van der Waals surface area contributed by atoms with Crippen LogP contribution in [0.1, 0.15) is 11.1 Å². The van der Waals surface area contributed by atoms with Gasteiger partial charge in [0, 0.05) is 22.8 Å². The van der Waals surface area contributed by atoms with Gasteiger partial charge in [-0.05, 0) is 36.3 Å². The predicted molar refractivity (Wildman–Crippen MR) is 91.5 cm³/mol. The smallest absolute Gasteiger partial charge is 0.270 e. The van der Waals surface area contributed by atoms with Crippen LogP contribution in [0.3, 0.4) is 0 Å². The molecule has 24 heavy (non-hydrogen) atoms. The van der Waals surface area contributed by atoms with Gasteiger partial charge in [-0.15, -0.1) is 0 Å². The zero-order chi connectivity index (χ0) is 17.7. The van der Waals surface area contributed by atoms with E-state index in [1.807, 2.05) is 6.92 Å². The molecule has 0 saturated carbocycles. The van der Waals surface area contributed by atoms with Gasteiger partial charge in [0.15, 0.2) is 0 Å². The van der Waals surface area contributed by atoms with E-state index in [-0.39, 0.29) is 11.3 Å². The summed E-state index contributed by atoms with van der Waals surface area (Å²) in [6.45, 7) is 1.83. The van der Waals surface area contributed by atoms with Crippen molar-refractivity contribution in [2.24, 2.45) is 0 Å². The van der Waals surface area contributed by atoms with Crippen LogP contribution in [-0.4, -0.2) is 10.8 Å². The van der Waals surface area contributed by atoms with E-state index in [2.05, 4.69) is 5.32 Å². The highest BCUT2D eigenvalue weighted by atomic mass is 35.5. The molecule has 120 valence electrons. The fourth-order valence-corrected chi connectivity index (χ4v) is 2.09. The van der Waals surface area contributed by atoms with Crippen molar-refractivity contribution in [1.82, 2.24) is 0 Å². The van der Waals surface area contributed by atoms with Gasteiger partial charge in [0.1, 0.15) is 11.6 Å². The van der Waals surface area contributed by atoms with E-state index in [0.29, 0.717) is 16.3 Å². The number of nitrogens with zero attached hydrogens (tertiary/aromatic N) is 2. The Bertz CT molecular complexity index is 885. The van der Waals surface area contributed by atoms with Crippen LogP contribution in [0, 0.1) is 28.4 Å². The second-order valence-corrected chi connectivity index (χ2v) is 5.35. The second-order valence-electron chi connectivity index (χ2n) is 4.94. The van der Waals surface area contributed by atoms with Crippen molar-refractivity contribution in [2.45, 2.75) is 6.92 Å². The first kappa shape index (κ1) is 17.2. The van der Waals surface area contributed by atoms with E-state index < -0.39 is 10.8 Å². The van der Waals surface area contributed by atoms with Gasteiger partial charge in [0.2, 0.25) is 0 Å². The summed E-state index contributed by atoms with van der Waals surface area (Å²) >= 11 is 5.99. The van der Waals surface area contributed by atoms with Gasteiger partial charge < -0.3 is 5.32 Å². The van der Waals surface area contributed by atoms with Gasteiger partial charge in [-0.1, -0.05) is 29.8 Å². The Kier molecular flexibility index (Phi) is 5.30. The highest BCUT2D eigenvalue weighted by Crippen LogP contribution is 2.21. The lowest BCUT2D eigenvalue weighted by atomic mass is 10.1. The highest BCUT2D eigenvalue weighted by molar-refractivity contribution is 6.31. The summed E-state index contributed by atoms with van der Waals surface area (Å²) in [6, 6.07) is 12.5. The number of carbonyl (C=O) groups excluding carboxylic acids is 1. The molecule has 0 fully saturated rings. The van der Waals surface area contributed by atoms with Crippen molar-refractivity contribution in [3.05, 3.63) is 74.3 Å². The number of amides is 1. The van der Waals surface area contributed by atoms with Crippen molar-refractivity contribution in [3.63, 3.8) is 0 Å². The quantitative estimate of drug-likeness (QED) is 0.392. The van der Waals surface area contributed by atoms with E-state index >= 15 is 0 Å². The summed E-state index contributed by atoms with van der Waals surface area (Å²) in [5.74, 6) is -0.621. The third-order valence-corrected chi connectivity index (χ3v) is 3.59. The van der Waals surface area contributed by atoms with Crippen molar-refractivity contribution in [2.75, 3.05) is 5.32 Å². The van der Waals surface area contributed by atoms with Crippen molar-refractivity contribution >= 4 is 35.0 Å². The number of rotatable bonds is 4. The lowest BCUT2D eigenvalue weighted by Gasteiger charge is -2.06.